The minimum Gasteiger partial charge on any atom is -0.345 e. The summed E-state index contributed by atoms with van der Waals surface area (Å²) in [4.78, 5) is 24.8. The molecule has 0 aromatic heterocycles. The molecule has 0 bridgehead atoms. The molecule has 4 aromatic carbocycles. The van der Waals surface area contributed by atoms with Crippen LogP contribution >= 0.6 is 11.6 Å². The predicted molar refractivity (Wildman–Crippen MR) is 142 cm³/mol. The van der Waals surface area contributed by atoms with Gasteiger partial charge in [-0.05, 0) is 64.2 Å². The number of nitrogens with one attached hydrogen (secondary N) is 2. The average Bonchev–Trinajstić information content (AvgIpc) is 2.88. The van der Waals surface area contributed by atoms with Gasteiger partial charge >= 0.3 is 0 Å². The van der Waals surface area contributed by atoms with Gasteiger partial charge in [0.25, 0.3) is 0 Å². The number of hydrogen-bond donors (Lipinski definition) is 2. The lowest BCUT2D eigenvalue weighted by Crippen LogP contribution is -2.30. The molecule has 0 saturated carbocycles. The van der Waals surface area contributed by atoms with Crippen molar-refractivity contribution in [3.05, 3.63) is 137 Å². The van der Waals surface area contributed by atoms with Crippen LogP contribution in [0.3, 0.4) is 0 Å². The van der Waals surface area contributed by atoms with Crippen molar-refractivity contribution < 1.29 is 9.59 Å². The third-order valence-corrected chi connectivity index (χ3v) is 5.83. The molecule has 174 valence electrons. The van der Waals surface area contributed by atoms with Crippen LogP contribution in [-0.4, -0.2) is 11.8 Å². The van der Waals surface area contributed by atoms with E-state index in [1.165, 1.54) is 6.08 Å². The lowest BCUT2D eigenvalue weighted by atomic mass is 9.94. The van der Waals surface area contributed by atoms with E-state index in [1.807, 2.05) is 60.7 Å². The molecule has 4 nitrogen and oxygen atoms in total. The highest BCUT2D eigenvalue weighted by atomic mass is 35.5. The number of carbonyl (C=O) groups is 2. The smallest absolute Gasteiger partial charge is 0.247 e. The van der Waals surface area contributed by atoms with E-state index in [0.717, 1.165) is 27.8 Å². The predicted octanol–water partition coefficient (Wildman–Crippen LogP) is 6.58. The summed E-state index contributed by atoms with van der Waals surface area (Å²) >= 11 is 6.12. The van der Waals surface area contributed by atoms with E-state index in [-0.39, 0.29) is 24.3 Å². The Hall–Kier alpha value is -4.15. The maximum atomic E-state index is 13.1. The molecule has 0 spiro atoms. The Labute approximate surface area is 210 Å². The van der Waals surface area contributed by atoms with Crippen LogP contribution in [0.15, 0.2) is 116 Å². The number of carbonyl (C=O) groups excluding carboxylic acids is 2. The molecular formula is C30H25ClN2O2. The van der Waals surface area contributed by atoms with Crippen molar-refractivity contribution in [1.82, 2.24) is 5.32 Å². The van der Waals surface area contributed by atoms with Gasteiger partial charge in [0.05, 0.1) is 12.5 Å². The fraction of sp³-hybridized carbons (Fsp3) is 0.0667. The highest BCUT2D eigenvalue weighted by molar-refractivity contribution is 6.30. The highest BCUT2D eigenvalue weighted by Gasteiger charge is 2.18. The van der Waals surface area contributed by atoms with Crippen molar-refractivity contribution in [3.8, 4) is 11.1 Å². The third kappa shape index (κ3) is 6.46. The van der Waals surface area contributed by atoms with E-state index in [4.69, 9.17) is 11.6 Å². The molecule has 4 rings (SSSR count). The molecule has 0 saturated heterocycles. The minimum absolute atomic E-state index is 0.137. The highest BCUT2D eigenvalue weighted by Crippen LogP contribution is 2.28. The first-order valence-corrected chi connectivity index (χ1v) is 11.6. The quantitative estimate of drug-likeness (QED) is 0.280. The molecule has 0 aliphatic rings. The molecule has 0 aliphatic carbocycles. The summed E-state index contributed by atoms with van der Waals surface area (Å²) in [6.45, 7) is 3.46. The molecule has 5 heteroatoms. The van der Waals surface area contributed by atoms with Gasteiger partial charge in [-0.15, -0.1) is 0 Å². The van der Waals surface area contributed by atoms with Crippen LogP contribution in [0, 0.1) is 0 Å². The van der Waals surface area contributed by atoms with E-state index < -0.39 is 0 Å². The standard InChI is InChI=1S/C30H25ClN2O2/c1-2-28(34)32-27-13-6-8-21(18-27)19-29(35)33-30(23-14-16-26(31)17-15-23)25-12-7-11-24(20-25)22-9-4-3-5-10-22/h2-18,20,30H,1,19H2,(H,32,34)(H,33,35). The van der Waals surface area contributed by atoms with Gasteiger partial charge in [-0.25, -0.2) is 0 Å². The Morgan fingerprint density at radius 2 is 1.51 bits per heavy atom. The SMILES string of the molecule is C=CC(=O)Nc1cccc(CC(=O)NC(c2ccc(Cl)cc2)c2cccc(-c3ccccc3)c2)c1. The summed E-state index contributed by atoms with van der Waals surface area (Å²) in [5.74, 6) is -0.435. The van der Waals surface area contributed by atoms with Crippen molar-refractivity contribution in [1.29, 1.82) is 0 Å². The van der Waals surface area contributed by atoms with Crippen LogP contribution in [0.4, 0.5) is 5.69 Å². The fourth-order valence-corrected chi connectivity index (χ4v) is 4.02. The van der Waals surface area contributed by atoms with E-state index in [9.17, 15) is 9.59 Å². The Balaban J connectivity index is 1.59. The lowest BCUT2D eigenvalue weighted by molar-refractivity contribution is -0.121. The lowest BCUT2D eigenvalue weighted by Gasteiger charge is -2.21. The second kappa shape index (κ2) is 11.3. The number of hydrogen-bond acceptors (Lipinski definition) is 2. The second-order valence-corrected chi connectivity index (χ2v) is 8.55. The summed E-state index contributed by atoms with van der Waals surface area (Å²) in [6.07, 6.45) is 1.37. The summed E-state index contributed by atoms with van der Waals surface area (Å²) in [7, 11) is 0. The number of amides is 2. The molecule has 2 N–H and O–H groups in total. The average molecular weight is 481 g/mol. The van der Waals surface area contributed by atoms with E-state index >= 15 is 0 Å². The van der Waals surface area contributed by atoms with Gasteiger partial charge in [-0.2, -0.15) is 0 Å². The zero-order valence-corrected chi connectivity index (χ0v) is 19.8. The van der Waals surface area contributed by atoms with Crippen LogP contribution in [0.25, 0.3) is 11.1 Å². The van der Waals surface area contributed by atoms with Crippen LogP contribution in [0.1, 0.15) is 22.7 Å². The van der Waals surface area contributed by atoms with Gasteiger partial charge in [-0.1, -0.05) is 91.0 Å². The zero-order valence-electron chi connectivity index (χ0n) is 19.1. The maximum Gasteiger partial charge on any atom is 0.247 e. The van der Waals surface area contributed by atoms with Gasteiger partial charge in [0.2, 0.25) is 11.8 Å². The summed E-state index contributed by atoms with van der Waals surface area (Å²) in [5.41, 5.74) is 5.48. The Morgan fingerprint density at radius 3 is 2.26 bits per heavy atom. The summed E-state index contributed by atoms with van der Waals surface area (Å²) in [6, 6.07) is 32.7. The van der Waals surface area contributed by atoms with Gasteiger partial charge in [0, 0.05) is 10.7 Å². The van der Waals surface area contributed by atoms with Crippen molar-refractivity contribution in [3.63, 3.8) is 0 Å². The minimum atomic E-state index is -0.355. The number of anilines is 1. The molecular weight excluding hydrogens is 456 g/mol. The van der Waals surface area contributed by atoms with E-state index in [0.29, 0.717) is 10.7 Å². The monoisotopic (exact) mass is 480 g/mol. The van der Waals surface area contributed by atoms with Gasteiger partial charge < -0.3 is 10.6 Å². The van der Waals surface area contributed by atoms with Crippen LogP contribution in [0.2, 0.25) is 5.02 Å². The molecule has 0 aliphatic heterocycles. The molecule has 35 heavy (non-hydrogen) atoms. The zero-order chi connectivity index (χ0) is 24.6. The molecule has 1 atom stereocenters. The molecule has 0 heterocycles. The van der Waals surface area contributed by atoms with Crippen molar-refractivity contribution in [2.45, 2.75) is 12.5 Å². The normalized spacial score (nSPS) is 11.3. The number of rotatable bonds is 8. The Morgan fingerprint density at radius 1 is 0.800 bits per heavy atom. The molecule has 0 fully saturated rings. The largest absolute Gasteiger partial charge is 0.345 e. The van der Waals surface area contributed by atoms with Crippen LogP contribution < -0.4 is 10.6 Å². The Kier molecular flexibility index (Phi) is 7.76. The van der Waals surface area contributed by atoms with Crippen LogP contribution in [-0.2, 0) is 16.0 Å². The van der Waals surface area contributed by atoms with Gasteiger partial charge in [0.15, 0.2) is 0 Å². The van der Waals surface area contributed by atoms with Crippen molar-refractivity contribution in [2.75, 3.05) is 5.32 Å². The summed E-state index contributed by atoms with van der Waals surface area (Å²) < 4.78 is 0. The molecule has 1 unspecified atom stereocenters. The second-order valence-electron chi connectivity index (χ2n) is 8.11. The number of halogens is 1. The van der Waals surface area contributed by atoms with E-state index in [1.54, 1.807) is 18.2 Å². The molecule has 2 amide bonds. The maximum absolute atomic E-state index is 13.1. The van der Waals surface area contributed by atoms with Crippen LogP contribution in [0.5, 0.6) is 0 Å². The topological polar surface area (TPSA) is 58.2 Å². The number of benzene rings is 4. The Bertz CT molecular complexity index is 1330. The summed E-state index contributed by atoms with van der Waals surface area (Å²) in [5, 5.41) is 6.54. The first kappa shape index (κ1) is 24.0. The third-order valence-electron chi connectivity index (χ3n) is 5.58. The van der Waals surface area contributed by atoms with Crippen molar-refractivity contribution in [2.24, 2.45) is 0 Å². The first-order valence-electron chi connectivity index (χ1n) is 11.2. The molecule has 0 radical (unpaired) electrons. The van der Waals surface area contributed by atoms with E-state index in [2.05, 4.69) is 41.5 Å². The van der Waals surface area contributed by atoms with Gasteiger partial charge in [0.1, 0.15) is 0 Å². The molecule has 4 aromatic rings. The fourth-order valence-electron chi connectivity index (χ4n) is 3.89. The van der Waals surface area contributed by atoms with Gasteiger partial charge in [-0.3, -0.25) is 9.59 Å². The first-order chi connectivity index (χ1) is 17.0. The van der Waals surface area contributed by atoms with Crippen molar-refractivity contribution >= 4 is 29.1 Å².